The minimum atomic E-state index is -0.510. The van der Waals surface area contributed by atoms with Crippen molar-refractivity contribution in [2.24, 2.45) is 0 Å². The van der Waals surface area contributed by atoms with Gasteiger partial charge in [-0.1, -0.05) is 6.07 Å². The third-order valence-corrected chi connectivity index (χ3v) is 5.60. The molecular formula is C22H26BrN5O2. The predicted octanol–water partition coefficient (Wildman–Crippen LogP) is 5.26. The first-order valence-corrected chi connectivity index (χ1v) is 11.0. The van der Waals surface area contributed by atoms with Crippen LogP contribution in [0.2, 0.25) is 0 Å². The van der Waals surface area contributed by atoms with Gasteiger partial charge in [0.2, 0.25) is 0 Å². The molecule has 0 bridgehead atoms. The van der Waals surface area contributed by atoms with Crippen LogP contribution in [-0.4, -0.2) is 37.3 Å². The van der Waals surface area contributed by atoms with Crippen molar-refractivity contribution in [3.63, 3.8) is 0 Å². The van der Waals surface area contributed by atoms with Gasteiger partial charge in [-0.15, -0.1) is 0 Å². The molecule has 3 aromatic heterocycles. The van der Waals surface area contributed by atoms with Crippen LogP contribution in [0.4, 0.5) is 4.79 Å². The first kappa shape index (κ1) is 20.8. The molecule has 7 nitrogen and oxygen atoms in total. The van der Waals surface area contributed by atoms with Gasteiger partial charge in [-0.25, -0.2) is 14.8 Å². The molecule has 3 heterocycles. The van der Waals surface area contributed by atoms with Crippen molar-refractivity contribution < 1.29 is 9.53 Å². The Labute approximate surface area is 184 Å². The molecule has 158 valence electrons. The Bertz CT molecular complexity index is 1040. The number of rotatable bonds is 3. The Morgan fingerprint density at radius 1 is 1.27 bits per heavy atom. The van der Waals surface area contributed by atoms with E-state index in [-0.39, 0.29) is 18.2 Å². The van der Waals surface area contributed by atoms with E-state index in [0.717, 1.165) is 52.8 Å². The first-order chi connectivity index (χ1) is 14.3. The van der Waals surface area contributed by atoms with Crippen molar-refractivity contribution in [3.8, 4) is 11.5 Å². The third kappa shape index (κ3) is 4.64. The molecule has 0 saturated heterocycles. The summed E-state index contributed by atoms with van der Waals surface area (Å²) in [6.45, 7) is 5.62. The summed E-state index contributed by atoms with van der Waals surface area (Å²) in [5, 5.41) is 3.05. The van der Waals surface area contributed by atoms with Gasteiger partial charge in [0.05, 0.1) is 11.7 Å². The van der Waals surface area contributed by atoms with Crippen molar-refractivity contribution in [1.29, 1.82) is 0 Å². The molecule has 0 spiro atoms. The second kappa shape index (κ2) is 8.34. The SMILES string of the molecule is CC(C)(C)OC(=O)N[C@H]1CCC[C@@H](n2c(-c3ccccn3)nc3cnc(Br)cc32)C1. The van der Waals surface area contributed by atoms with E-state index in [4.69, 9.17) is 9.72 Å². The largest absolute Gasteiger partial charge is 0.444 e. The summed E-state index contributed by atoms with van der Waals surface area (Å²) in [6.07, 6.45) is 6.97. The molecule has 0 radical (unpaired) electrons. The van der Waals surface area contributed by atoms with Gasteiger partial charge in [0, 0.05) is 18.3 Å². The van der Waals surface area contributed by atoms with Crippen molar-refractivity contribution in [3.05, 3.63) is 41.3 Å². The molecule has 1 fully saturated rings. The zero-order valence-corrected chi connectivity index (χ0v) is 19.0. The van der Waals surface area contributed by atoms with Gasteiger partial charge in [0.1, 0.15) is 21.4 Å². The van der Waals surface area contributed by atoms with Crippen molar-refractivity contribution in [2.75, 3.05) is 0 Å². The summed E-state index contributed by atoms with van der Waals surface area (Å²) < 4.78 is 8.48. The molecule has 0 unspecified atom stereocenters. The quantitative estimate of drug-likeness (QED) is 0.526. The van der Waals surface area contributed by atoms with E-state index in [0.29, 0.717) is 0 Å². The lowest BCUT2D eigenvalue weighted by atomic mass is 9.90. The number of fused-ring (bicyclic) bond motifs is 1. The number of pyridine rings is 2. The summed E-state index contributed by atoms with van der Waals surface area (Å²) in [6, 6.07) is 8.08. The number of hydrogen-bond acceptors (Lipinski definition) is 5. The maximum atomic E-state index is 12.3. The summed E-state index contributed by atoms with van der Waals surface area (Å²) in [4.78, 5) is 26.0. The lowest BCUT2D eigenvalue weighted by Gasteiger charge is -2.32. The average molecular weight is 472 g/mol. The molecule has 0 aliphatic heterocycles. The number of nitrogens with one attached hydrogen (secondary N) is 1. The third-order valence-electron chi connectivity index (χ3n) is 5.17. The van der Waals surface area contributed by atoms with Crippen molar-refractivity contribution in [2.45, 2.75) is 64.1 Å². The molecule has 8 heteroatoms. The summed E-state index contributed by atoms with van der Waals surface area (Å²) in [5.41, 5.74) is 2.16. The molecule has 2 atom stereocenters. The summed E-state index contributed by atoms with van der Waals surface area (Å²) in [5.74, 6) is 0.827. The highest BCUT2D eigenvalue weighted by atomic mass is 79.9. The molecule has 1 saturated carbocycles. The molecule has 1 N–H and O–H groups in total. The van der Waals surface area contributed by atoms with Crippen LogP contribution in [0, 0.1) is 0 Å². The van der Waals surface area contributed by atoms with Crippen LogP contribution in [-0.2, 0) is 4.74 Å². The number of aromatic nitrogens is 4. The van der Waals surface area contributed by atoms with Crippen LogP contribution in [0.25, 0.3) is 22.6 Å². The number of alkyl carbamates (subject to hydrolysis) is 1. The Morgan fingerprint density at radius 3 is 2.83 bits per heavy atom. The molecule has 3 aromatic rings. The fourth-order valence-corrected chi connectivity index (χ4v) is 4.34. The van der Waals surface area contributed by atoms with E-state index in [1.165, 1.54) is 0 Å². The maximum absolute atomic E-state index is 12.3. The Kier molecular flexibility index (Phi) is 5.77. The molecule has 1 amide bonds. The van der Waals surface area contributed by atoms with Crippen LogP contribution in [0.1, 0.15) is 52.5 Å². The molecule has 1 aliphatic rings. The Hall–Kier alpha value is -2.48. The highest BCUT2D eigenvalue weighted by molar-refractivity contribution is 9.10. The van der Waals surface area contributed by atoms with Crippen LogP contribution >= 0.6 is 15.9 Å². The van der Waals surface area contributed by atoms with E-state index in [1.54, 1.807) is 12.4 Å². The van der Waals surface area contributed by atoms with Crippen molar-refractivity contribution in [1.82, 2.24) is 24.8 Å². The monoisotopic (exact) mass is 471 g/mol. The van der Waals surface area contributed by atoms with Gasteiger partial charge >= 0.3 is 6.09 Å². The minimum absolute atomic E-state index is 0.0536. The normalized spacial score (nSPS) is 19.6. The molecular weight excluding hydrogens is 446 g/mol. The minimum Gasteiger partial charge on any atom is -0.444 e. The number of ether oxygens (including phenoxy) is 1. The Morgan fingerprint density at radius 2 is 2.10 bits per heavy atom. The van der Waals surface area contributed by atoms with Crippen LogP contribution in [0.15, 0.2) is 41.3 Å². The molecule has 0 aromatic carbocycles. The number of halogens is 1. The number of imidazole rings is 1. The van der Waals surface area contributed by atoms with Crippen LogP contribution in [0.5, 0.6) is 0 Å². The molecule has 1 aliphatic carbocycles. The number of amides is 1. The zero-order valence-electron chi connectivity index (χ0n) is 17.4. The highest BCUT2D eigenvalue weighted by Gasteiger charge is 2.29. The smallest absolute Gasteiger partial charge is 0.407 e. The fraction of sp³-hybridized carbons (Fsp3) is 0.455. The van der Waals surface area contributed by atoms with E-state index in [2.05, 4.69) is 35.8 Å². The highest BCUT2D eigenvalue weighted by Crippen LogP contribution is 2.36. The van der Waals surface area contributed by atoms with Gasteiger partial charge in [0.15, 0.2) is 5.82 Å². The van der Waals surface area contributed by atoms with E-state index in [9.17, 15) is 4.79 Å². The first-order valence-electron chi connectivity index (χ1n) is 10.2. The lowest BCUT2D eigenvalue weighted by Crippen LogP contribution is -2.41. The second-order valence-corrected chi connectivity index (χ2v) is 9.49. The second-order valence-electron chi connectivity index (χ2n) is 8.68. The van der Waals surface area contributed by atoms with Crippen molar-refractivity contribution >= 4 is 33.1 Å². The summed E-state index contributed by atoms with van der Waals surface area (Å²) >= 11 is 3.49. The van der Waals surface area contributed by atoms with Crippen LogP contribution in [0.3, 0.4) is 0 Å². The average Bonchev–Trinajstić information content (AvgIpc) is 3.06. The van der Waals surface area contributed by atoms with E-state index < -0.39 is 5.60 Å². The van der Waals surface area contributed by atoms with Gasteiger partial charge in [0.25, 0.3) is 0 Å². The summed E-state index contributed by atoms with van der Waals surface area (Å²) in [7, 11) is 0. The zero-order chi connectivity index (χ0) is 21.3. The van der Waals surface area contributed by atoms with Gasteiger partial charge in [-0.05, 0) is 80.6 Å². The van der Waals surface area contributed by atoms with Crippen LogP contribution < -0.4 is 5.32 Å². The van der Waals surface area contributed by atoms with Gasteiger partial charge in [-0.2, -0.15) is 0 Å². The van der Waals surface area contributed by atoms with Gasteiger partial charge < -0.3 is 14.6 Å². The van der Waals surface area contributed by atoms with E-state index in [1.807, 2.05) is 45.0 Å². The number of carbonyl (C=O) groups is 1. The topological polar surface area (TPSA) is 81.9 Å². The maximum Gasteiger partial charge on any atom is 0.407 e. The Balaban J connectivity index is 1.66. The lowest BCUT2D eigenvalue weighted by molar-refractivity contribution is 0.0486. The standard InChI is InChI=1S/C22H26BrN5O2/c1-22(2,3)30-21(29)26-14-7-6-8-15(11-14)28-18-12-19(23)25-13-17(18)27-20(28)16-9-4-5-10-24-16/h4-5,9-10,12-15H,6-8,11H2,1-3H3,(H,26,29)/t14-,15+/m0/s1. The predicted molar refractivity (Wildman–Crippen MR) is 119 cm³/mol. The number of hydrogen-bond donors (Lipinski definition) is 1. The fourth-order valence-electron chi connectivity index (χ4n) is 4.02. The molecule has 30 heavy (non-hydrogen) atoms. The number of nitrogens with zero attached hydrogens (tertiary/aromatic N) is 4. The number of carbonyl (C=O) groups excluding carboxylic acids is 1. The van der Waals surface area contributed by atoms with E-state index >= 15 is 0 Å². The molecule has 4 rings (SSSR count). The van der Waals surface area contributed by atoms with Gasteiger partial charge in [-0.3, -0.25) is 4.98 Å².